The average molecular weight is 351 g/mol. The SMILES string of the molecule is CC1CCCC(C)N1/C=C(/C#N)C(=O)Nc1cccc(C(F)(F)F)c1. The zero-order valence-corrected chi connectivity index (χ0v) is 14.1. The van der Waals surface area contributed by atoms with Gasteiger partial charge < -0.3 is 10.2 Å². The first kappa shape index (κ1) is 18.8. The molecule has 0 spiro atoms. The molecule has 2 rings (SSSR count). The van der Waals surface area contributed by atoms with E-state index in [1.807, 2.05) is 24.8 Å². The Balaban J connectivity index is 2.18. The maximum absolute atomic E-state index is 12.7. The number of likely N-dealkylation sites (tertiary alicyclic amines) is 1. The monoisotopic (exact) mass is 351 g/mol. The van der Waals surface area contributed by atoms with Crippen LogP contribution in [0.1, 0.15) is 38.7 Å². The van der Waals surface area contributed by atoms with Crippen molar-refractivity contribution in [2.45, 2.75) is 51.4 Å². The first-order chi connectivity index (χ1) is 11.7. The first-order valence-electron chi connectivity index (χ1n) is 8.10. The molecule has 1 amide bonds. The molecule has 1 saturated heterocycles. The Morgan fingerprint density at radius 3 is 2.52 bits per heavy atom. The normalized spacial score (nSPS) is 21.6. The van der Waals surface area contributed by atoms with E-state index in [2.05, 4.69) is 5.32 Å². The first-order valence-corrected chi connectivity index (χ1v) is 8.10. The van der Waals surface area contributed by atoms with Crippen LogP contribution in [-0.4, -0.2) is 22.9 Å². The van der Waals surface area contributed by atoms with E-state index >= 15 is 0 Å². The van der Waals surface area contributed by atoms with Crippen molar-refractivity contribution in [2.75, 3.05) is 5.32 Å². The third kappa shape index (κ3) is 4.75. The van der Waals surface area contributed by atoms with E-state index < -0.39 is 17.6 Å². The van der Waals surface area contributed by atoms with Crippen LogP contribution in [0, 0.1) is 11.3 Å². The Hall–Kier alpha value is -2.49. The topological polar surface area (TPSA) is 56.1 Å². The molecule has 0 bridgehead atoms. The minimum absolute atomic E-state index is 0.000663. The number of nitriles is 1. The van der Waals surface area contributed by atoms with Crippen LogP contribution in [0.25, 0.3) is 0 Å². The smallest absolute Gasteiger partial charge is 0.371 e. The minimum atomic E-state index is -4.49. The van der Waals surface area contributed by atoms with Crippen molar-refractivity contribution < 1.29 is 18.0 Å². The highest BCUT2D eigenvalue weighted by Crippen LogP contribution is 2.30. The van der Waals surface area contributed by atoms with Crippen molar-refractivity contribution in [1.29, 1.82) is 5.26 Å². The Morgan fingerprint density at radius 2 is 1.96 bits per heavy atom. The number of benzene rings is 1. The number of halogens is 3. The third-order valence-electron chi connectivity index (χ3n) is 4.35. The number of anilines is 1. The molecular formula is C18H20F3N3O. The van der Waals surface area contributed by atoms with Gasteiger partial charge >= 0.3 is 6.18 Å². The summed E-state index contributed by atoms with van der Waals surface area (Å²) in [6, 6.07) is 6.58. The molecule has 1 N–H and O–H groups in total. The fourth-order valence-electron chi connectivity index (χ4n) is 2.95. The maximum Gasteiger partial charge on any atom is 0.416 e. The van der Waals surface area contributed by atoms with Gasteiger partial charge in [-0.05, 0) is 51.3 Å². The largest absolute Gasteiger partial charge is 0.416 e. The van der Waals surface area contributed by atoms with Gasteiger partial charge in [-0.15, -0.1) is 0 Å². The van der Waals surface area contributed by atoms with Gasteiger partial charge in [-0.25, -0.2) is 0 Å². The molecular weight excluding hydrogens is 331 g/mol. The highest BCUT2D eigenvalue weighted by atomic mass is 19.4. The lowest BCUT2D eigenvalue weighted by Crippen LogP contribution is -2.40. The van der Waals surface area contributed by atoms with Crippen LogP contribution in [0.15, 0.2) is 36.0 Å². The molecule has 7 heteroatoms. The zero-order chi connectivity index (χ0) is 18.6. The highest BCUT2D eigenvalue weighted by Gasteiger charge is 2.30. The lowest BCUT2D eigenvalue weighted by Gasteiger charge is -2.38. The Morgan fingerprint density at radius 1 is 1.32 bits per heavy atom. The summed E-state index contributed by atoms with van der Waals surface area (Å²) in [6.07, 6.45) is 0.0410. The van der Waals surface area contributed by atoms with Gasteiger partial charge in [-0.2, -0.15) is 18.4 Å². The number of hydrogen-bond acceptors (Lipinski definition) is 3. The van der Waals surface area contributed by atoms with Gasteiger partial charge in [0.15, 0.2) is 0 Å². The van der Waals surface area contributed by atoms with Gasteiger partial charge in [0.25, 0.3) is 5.91 Å². The quantitative estimate of drug-likeness (QED) is 0.652. The molecule has 1 aromatic carbocycles. The molecule has 134 valence electrons. The molecule has 1 aliphatic heterocycles. The standard InChI is InChI=1S/C18H20F3N3O/c1-12-5-3-6-13(2)24(12)11-14(10-22)17(25)23-16-8-4-7-15(9-16)18(19,20)21/h4,7-9,11-13H,3,5-6H2,1-2H3,(H,23,25)/b14-11-. The minimum Gasteiger partial charge on any atom is -0.371 e. The van der Waals surface area contributed by atoms with Gasteiger partial charge in [0.05, 0.1) is 5.56 Å². The number of piperidine rings is 1. The summed E-state index contributed by atoms with van der Waals surface area (Å²) in [6.45, 7) is 4.04. The van der Waals surface area contributed by atoms with Crippen LogP contribution >= 0.6 is 0 Å². The summed E-state index contributed by atoms with van der Waals surface area (Å²) >= 11 is 0. The third-order valence-corrected chi connectivity index (χ3v) is 4.35. The van der Waals surface area contributed by atoms with Gasteiger partial charge in [0.2, 0.25) is 0 Å². The average Bonchev–Trinajstić information content (AvgIpc) is 2.54. The fraction of sp³-hybridized carbons (Fsp3) is 0.444. The van der Waals surface area contributed by atoms with E-state index in [0.29, 0.717) is 0 Å². The lowest BCUT2D eigenvalue weighted by molar-refractivity contribution is -0.137. The molecule has 0 saturated carbocycles. The van der Waals surface area contributed by atoms with Crippen LogP contribution in [-0.2, 0) is 11.0 Å². The molecule has 0 aliphatic carbocycles. The predicted octanol–water partition coefficient (Wildman–Crippen LogP) is 4.31. The van der Waals surface area contributed by atoms with E-state index in [-0.39, 0.29) is 23.3 Å². The van der Waals surface area contributed by atoms with Gasteiger partial charge in [-0.1, -0.05) is 6.07 Å². The Bertz CT molecular complexity index is 696. The molecule has 2 unspecified atom stereocenters. The molecule has 0 aromatic heterocycles. The molecule has 2 atom stereocenters. The number of nitrogens with one attached hydrogen (secondary N) is 1. The van der Waals surface area contributed by atoms with E-state index in [1.54, 1.807) is 0 Å². The molecule has 0 radical (unpaired) electrons. The van der Waals surface area contributed by atoms with Crippen molar-refractivity contribution in [2.24, 2.45) is 0 Å². The molecule has 4 nitrogen and oxygen atoms in total. The van der Waals surface area contributed by atoms with Crippen molar-refractivity contribution in [3.8, 4) is 6.07 Å². The predicted molar refractivity (Wildman–Crippen MR) is 88.4 cm³/mol. The van der Waals surface area contributed by atoms with Crippen molar-refractivity contribution >= 4 is 11.6 Å². The Kier molecular flexibility index (Phi) is 5.73. The number of nitrogens with zero attached hydrogens (tertiary/aromatic N) is 2. The van der Waals surface area contributed by atoms with E-state index in [9.17, 15) is 23.2 Å². The number of rotatable bonds is 3. The second-order valence-corrected chi connectivity index (χ2v) is 6.26. The summed E-state index contributed by atoms with van der Waals surface area (Å²) in [7, 11) is 0. The second kappa shape index (κ2) is 7.60. The Labute approximate surface area is 144 Å². The second-order valence-electron chi connectivity index (χ2n) is 6.26. The van der Waals surface area contributed by atoms with E-state index in [0.717, 1.165) is 31.4 Å². The van der Waals surface area contributed by atoms with Gasteiger partial charge in [-0.3, -0.25) is 4.79 Å². The van der Waals surface area contributed by atoms with Crippen molar-refractivity contribution in [3.63, 3.8) is 0 Å². The number of hydrogen-bond donors (Lipinski definition) is 1. The summed E-state index contributed by atoms with van der Waals surface area (Å²) in [5.74, 6) is -0.716. The van der Waals surface area contributed by atoms with Crippen LogP contribution in [0.5, 0.6) is 0 Å². The summed E-state index contributed by atoms with van der Waals surface area (Å²) in [4.78, 5) is 14.2. The summed E-state index contributed by atoms with van der Waals surface area (Å²) < 4.78 is 38.2. The van der Waals surface area contributed by atoms with Crippen molar-refractivity contribution in [1.82, 2.24) is 4.90 Å². The lowest BCUT2D eigenvalue weighted by atomic mass is 9.98. The number of alkyl halides is 3. The summed E-state index contributed by atoms with van der Waals surface area (Å²) in [5.41, 5.74) is -0.982. The number of amides is 1. The van der Waals surface area contributed by atoms with E-state index in [4.69, 9.17) is 0 Å². The molecule has 1 heterocycles. The van der Waals surface area contributed by atoms with Crippen molar-refractivity contribution in [3.05, 3.63) is 41.6 Å². The molecule has 1 aliphatic rings. The summed E-state index contributed by atoms with van der Waals surface area (Å²) in [5, 5.41) is 11.6. The maximum atomic E-state index is 12.7. The van der Waals surface area contributed by atoms with Gasteiger partial charge in [0.1, 0.15) is 11.6 Å². The van der Waals surface area contributed by atoms with E-state index in [1.165, 1.54) is 18.3 Å². The number of carbonyl (C=O) groups excluding carboxylic acids is 1. The molecule has 1 fully saturated rings. The van der Waals surface area contributed by atoms with Crippen LogP contribution < -0.4 is 5.32 Å². The van der Waals surface area contributed by atoms with Crippen LogP contribution in [0.4, 0.5) is 18.9 Å². The molecule has 1 aromatic rings. The van der Waals surface area contributed by atoms with Crippen LogP contribution in [0.2, 0.25) is 0 Å². The van der Waals surface area contributed by atoms with Gasteiger partial charge in [0, 0.05) is 24.0 Å². The number of carbonyl (C=O) groups is 1. The zero-order valence-electron chi connectivity index (χ0n) is 14.1. The fourth-order valence-corrected chi connectivity index (χ4v) is 2.95. The van der Waals surface area contributed by atoms with Crippen LogP contribution in [0.3, 0.4) is 0 Å². The molecule has 25 heavy (non-hydrogen) atoms. The highest BCUT2D eigenvalue weighted by molar-refractivity contribution is 6.06.